The first-order valence-electron chi connectivity index (χ1n) is 7.00. The van der Waals surface area contributed by atoms with Gasteiger partial charge in [0.25, 0.3) is 5.91 Å². The van der Waals surface area contributed by atoms with E-state index in [-0.39, 0.29) is 11.9 Å². The molecule has 20 heavy (non-hydrogen) atoms. The number of carbonyl (C=O) groups is 1. The molecule has 6 heteroatoms. The summed E-state index contributed by atoms with van der Waals surface area (Å²) < 4.78 is 1.62. The van der Waals surface area contributed by atoms with Crippen molar-refractivity contribution in [2.24, 2.45) is 11.7 Å². The molecule has 2 atom stereocenters. The summed E-state index contributed by atoms with van der Waals surface area (Å²) in [6.45, 7) is 3.47. The Morgan fingerprint density at radius 2 is 2.40 bits per heavy atom. The van der Waals surface area contributed by atoms with Crippen molar-refractivity contribution < 1.29 is 4.79 Å². The molecule has 0 saturated carbocycles. The first kappa shape index (κ1) is 13.1. The van der Waals surface area contributed by atoms with Crippen LogP contribution in [0, 0.1) is 5.92 Å². The summed E-state index contributed by atoms with van der Waals surface area (Å²) in [5.41, 5.74) is 6.99. The second-order valence-electron chi connectivity index (χ2n) is 5.46. The lowest BCUT2D eigenvalue weighted by molar-refractivity contribution is 0.0575. The summed E-state index contributed by atoms with van der Waals surface area (Å²) in [5, 5.41) is 4.18. The van der Waals surface area contributed by atoms with Crippen molar-refractivity contribution in [3.63, 3.8) is 0 Å². The Morgan fingerprint density at radius 3 is 3.20 bits per heavy atom. The van der Waals surface area contributed by atoms with Crippen LogP contribution in [-0.2, 0) is 0 Å². The van der Waals surface area contributed by atoms with Crippen molar-refractivity contribution in [2.45, 2.75) is 25.8 Å². The van der Waals surface area contributed by atoms with Crippen LogP contribution in [0.4, 0.5) is 0 Å². The summed E-state index contributed by atoms with van der Waals surface area (Å²) in [6, 6.07) is 1.91. The molecule has 1 aliphatic rings. The van der Waals surface area contributed by atoms with E-state index in [0.717, 1.165) is 19.4 Å². The van der Waals surface area contributed by atoms with E-state index in [0.29, 0.717) is 23.7 Å². The van der Waals surface area contributed by atoms with E-state index in [1.165, 1.54) is 0 Å². The number of nitrogens with two attached hydrogens (primary N) is 1. The zero-order valence-corrected chi connectivity index (χ0v) is 11.6. The van der Waals surface area contributed by atoms with E-state index in [4.69, 9.17) is 5.73 Å². The van der Waals surface area contributed by atoms with Crippen molar-refractivity contribution in [3.05, 3.63) is 30.2 Å². The van der Waals surface area contributed by atoms with Crippen molar-refractivity contribution in [1.82, 2.24) is 19.5 Å². The van der Waals surface area contributed by atoms with Gasteiger partial charge < -0.3 is 10.6 Å². The first-order valence-corrected chi connectivity index (χ1v) is 7.00. The fourth-order valence-electron chi connectivity index (χ4n) is 2.88. The van der Waals surface area contributed by atoms with Gasteiger partial charge in [-0.05, 0) is 24.8 Å². The third kappa shape index (κ3) is 2.16. The molecule has 1 fully saturated rings. The lowest BCUT2D eigenvalue weighted by atomic mass is 9.92. The number of likely N-dealkylation sites (tertiary alicyclic amines) is 1. The van der Waals surface area contributed by atoms with E-state index in [2.05, 4.69) is 17.0 Å². The molecular formula is C14H19N5O. The molecular weight excluding hydrogens is 254 g/mol. The van der Waals surface area contributed by atoms with E-state index in [1.807, 2.05) is 4.90 Å². The predicted molar refractivity (Wildman–Crippen MR) is 75.3 cm³/mol. The summed E-state index contributed by atoms with van der Waals surface area (Å²) >= 11 is 0. The van der Waals surface area contributed by atoms with Crippen LogP contribution < -0.4 is 5.73 Å². The normalized spacial score (nSPS) is 23.2. The Bertz CT molecular complexity index is 623. The lowest BCUT2D eigenvalue weighted by Gasteiger charge is -2.37. The highest BCUT2D eigenvalue weighted by Gasteiger charge is 2.31. The molecule has 0 bridgehead atoms. The predicted octanol–water partition coefficient (Wildman–Crippen LogP) is 0.929. The maximum Gasteiger partial charge on any atom is 0.259 e. The maximum atomic E-state index is 12.7. The molecule has 0 aliphatic carbocycles. The molecule has 0 spiro atoms. The van der Waals surface area contributed by atoms with Crippen LogP contribution in [0.3, 0.4) is 0 Å². The van der Waals surface area contributed by atoms with Crippen molar-refractivity contribution in [1.29, 1.82) is 0 Å². The van der Waals surface area contributed by atoms with Crippen LogP contribution in [0.15, 0.2) is 24.7 Å². The molecule has 2 aromatic heterocycles. The van der Waals surface area contributed by atoms with Crippen LogP contribution >= 0.6 is 0 Å². The smallest absolute Gasteiger partial charge is 0.259 e. The van der Waals surface area contributed by atoms with Crippen molar-refractivity contribution in [2.75, 3.05) is 13.1 Å². The van der Waals surface area contributed by atoms with Gasteiger partial charge in [0.2, 0.25) is 0 Å². The van der Waals surface area contributed by atoms with Crippen molar-refractivity contribution >= 4 is 11.6 Å². The van der Waals surface area contributed by atoms with Gasteiger partial charge in [0.15, 0.2) is 5.65 Å². The van der Waals surface area contributed by atoms with Gasteiger partial charge in [-0.3, -0.25) is 4.79 Å². The summed E-state index contributed by atoms with van der Waals surface area (Å²) in [5.74, 6) is 0.607. The number of rotatable bonds is 2. The molecule has 0 radical (unpaired) electrons. The van der Waals surface area contributed by atoms with Gasteiger partial charge in [0, 0.05) is 31.5 Å². The van der Waals surface area contributed by atoms with Gasteiger partial charge in [-0.1, -0.05) is 6.92 Å². The molecule has 106 valence electrons. The molecule has 2 aromatic rings. The molecule has 2 unspecified atom stereocenters. The van der Waals surface area contributed by atoms with Gasteiger partial charge >= 0.3 is 0 Å². The summed E-state index contributed by atoms with van der Waals surface area (Å²) in [4.78, 5) is 18.9. The van der Waals surface area contributed by atoms with Crippen molar-refractivity contribution in [3.8, 4) is 0 Å². The molecule has 2 N–H and O–H groups in total. The molecule has 3 rings (SSSR count). The molecule has 1 saturated heterocycles. The molecule has 1 aliphatic heterocycles. The molecule has 6 nitrogen and oxygen atoms in total. The minimum Gasteiger partial charge on any atom is -0.334 e. The zero-order valence-electron chi connectivity index (χ0n) is 11.6. The van der Waals surface area contributed by atoms with Gasteiger partial charge in [-0.25, -0.2) is 9.50 Å². The fraction of sp³-hybridized carbons (Fsp3) is 0.500. The number of amides is 1. The lowest BCUT2D eigenvalue weighted by Crippen LogP contribution is -2.49. The van der Waals surface area contributed by atoms with Gasteiger partial charge in [0.1, 0.15) is 5.56 Å². The highest BCUT2D eigenvalue weighted by molar-refractivity contribution is 5.99. The number of carbonyl (C=O) groups excluding carboxylic acids is 1. The van der Waals surface area contributed by atoms with E-state index < -0.39 is 0 Å². The first-order chi connectivity index (χ1) is 9.70. The molecule has 3 heterocycles. The minimum absolute atomic E-state index is 0.0129. The maximum absolute atomic E-state index is 12.7. The number of fused-ring (bicyclic) bond motifs is 1. The summed E-state index contributed by atoms with van der Waals surface area (Å²) in [6.07, 6.45) is 7.05. The monoisotopic (exact) mass is 273 g/mol. The average Bonchev–Trinajstić information content (AvgIpc) is 2.90. The number of hydrogen-bond donors (Lipinski definition) is 1. The molecule has 0 aromatic carbocycles. The third-order valence-electron chi connectivity index (χ3n) is 4.02. The second-order valence-corrected chi connectivity index (χ2v) is 5.46. The Labute approximate surface area is 117 Å². The van der Waals surface area contributed by atoms with Crippen LogP contribution in [0.5, 0.6) is 0 Å². The summed E-state index contributed by atoms with van der Waals surface area (Å²) in [7, 11) is 0. The van der Waals surface area contributed by atoms with Crippen LogP contribution in [0.25, 0.3) is 5.65 Å². The minimum atomic E-state index is -0.0129. The van der Waals surface area contributed by atoms with E-state index >= 15 is 0 Å². The van der Waals surface area contributed by atoms with Crippen LogP contribution in [0.2, 0.25) is 0 Å². The topological polar surface area (TPSA) is 76.5 Å². The number of nitrogens with zero attached hydrogens (tertiary/aromatic N) is 4. The number of aromatic nitrogens is 3. The third-order valence-corrected chi connectivity index (χ3v) is 4.02. The zero-order chi connectivity index (χ0) is 14.1. The highest BCUT2D eigenvalue weighted by atomic mass is 16.2. The standard InChI is InChI=1S/C14H19N5O/c1-10-3-6-18(11(7-10)8-15)14(20)12-9-17-19-5-2-4-16-13(12)19/h2,4-5,9-11H,3,6-8,15H2,1H3. The Hall–Kier alpha value is -1.95. The van der Waals surface area contributed by atoms with Crippen LogP contribution in [-0.4, -0.2) is 44.5 Å². The van der Waals surface area contributed by atoms with Gasteiger partial charge in [-0.2, -0.15) is 5.10 Å². The van der Waals surface area contributed by atoms with E-state index in [9.17, 15) is 4.79 Å². The SMILES string of the molecule is CC1CCN(C(=O)c2cnn3cccnc23)C(CN)C1. The Kier molecular flexibility index (Phi) is 3.40. The van der Waals surface area contributed by atoms with Gasteiger partial charge in [-0.15, -0.1) is 0 Å². The van der Waals surface area contributed by atoms with Crippen LogP contribution in [0.1, 0.15) is 30.1 Å². The largest absolute Gasteiger partial charge is 0.334 e. The number of piperidine rings is 1. The van der Waals surface area contributed by atoms with Gasteiger partial charge in [0.05, 0.1) is 6.20 Å². The second kappa shape index (κ2) is 5.20. The average molecular weight is 273 g/mol. The molecule has 1 amide bonds. The quantitative estimate of drug-likeness (QED) is 0.883. The number of hydrogen-bond acceptors (Lipinski definition) is 4. The highest BCUT2D eigenvalue weighted by Crippen LogP contribution is 2.24. The Balaban J connectivity index is 1.91. The Morgan fingerprint density at radius 1 is 1.55 bits per heavy atom. The fourth-order valence-corrected chi connectivity index (χ4v) is 2.88. The van der Waals surface area contributed by atoms with E-state index in [1.54, 1.807) is 29.2 Å².